The van der Waals surface area contributed by atoms with Crippen molar-refractivity contribution in [3.05, 3.63) is 82.9 Å². The summed E-state index contributed by atoms with van der Waals surface area (Å²) in [7, 11) is 0. The fourth-order valence-electron chi connectivity index (χ4n) is 4.15. The topological polar surface area (TPSA) is 69.9 Å². The van der Waals surface area contributed by atoms with E-state index in [4.69, 9.17) is 9.57 Å². The predicted molar refractivity (Wildman–Crippen MR) is 138 cm³/mol. The second kappa shape index (κ2) is 11.0. The molecule has 4 aromatic rings. The van der Waals surface area contributed by atoms with Crippen molar-refractivity contribution in [2.24, 2.45) is 5.16 Å². The summed E-state index contributed by atoms with van der Waals surface area (Å²) in [5.41, 5.74) is 4.99. The fourth-order valence-corrected chi connectivity index (χ4v) is 4.15. The lowest BCUT2D eigenvalue weighted by atomic mass is 9.97. The molecule has 0 amide bonds. The van der Waals surface area contributed by atoms with Gasteiger partial charge in [0.1, 0.15) is 12.7 Å². The third-order valence-corrected chi connectivity index (χ3v) is 5.90. The van der Waals surface area contributed by atoms with E-state index in [9.17, 15) is 18.4 Å². The van der Waals surface area contributed by atoms with Crippen molar-refractivity contribution >= 4 is 39.3 Å². The molecule has 8 heteroatoms. The second-order valence-corrected chi connectivity index (χ2v) is 8.41. The number of aryl methyl sites for hydroxylation is 1. The maximum Gasteiger partial charge on any atom is 0.331 e. The lowest BCUT2D eigenvalue weighted by Gasteiger charge is -2.08. The molecule has 0 saturated heterocycles. The molecule has 0 fully saturated rings. The first-order valence-electron chi connectivity index (χ1n) is 11.6. The summed E-state index contributed by atoms with van der Waals surface area (Å²) in [4.78, 5) is 29.3. The van der Waals surface area contributed by atoms with Crippen molar-refractivity contribution in [3.8, 4) is 12.0 Å². The van der Waals surface area contributed by atoms with Crippen LogP contribution < -0.4 is 0 Å². The Labute approximate surface area is 212 Å². The number of ether oxygens (including phenoxy) is 1. The Kier molecular flexibility index (Phi) is 7.63. The number of benzene rings is 3. The fraction of sp³-hybridized carbons (Fsp3) is 0.207. The maximum absolute atomic E-state index is 13.3. The molecule has 0 N–H and O–H groups in total. The van der Waals surface area contributed by atoms with Gasteiger partial charge in [-0.15, -0.1) is 0 Å². The summed E-state index contributed by atoms with van der Waals surface area (Å²) in [5.74, 6) is 1.07. The number of hydrogen-bond acceptors (Lipinski definition) is 5. The van der Waals surface area contributed by atoms with Crippen molar-refractivity contribution in [2.45, 2.75) is 33.7 Å². The van der Waals surface area contributed by atoms with Crippen LogP contribution in [0, 0.1) is 19.0 Å². The summed E-state index contributed by atoms with van der Waals surface area (Å²) in [5, 5.41) is 5.56. The monoisotopic (exact) mass is 502 g/mol. The first kappa shape index (κ1) is 25.6. The number of alkyl halides is 2. The van der Waals surface area contributed by atoms with Crippen LogP contribution in [0.25, 0.3) is 21.8 Å². The lowest BCUT2D eigenvalue weighted by Crippen LogP contribution is -2.05. The van der Waals surface area contributed by atoms with E-state index in [0.717, 1.165) is 32.9 Å². The molecule has 37 heavy (non-hydrogen) atoms. The third kappa shape index (κ3) is 5.67. The molecule has 3 aromatic carbocycles. The second-order valence-electron chi connectivity index (χ2n) is 8.41. The van der Waals surface area contributed by atoms with E-state index >= 15 is 0 Å². The average Bonchev–Trinajstić information content (AvgIpc) is 3.19. The van der Waals surface area contributed by atoms with Gasteiger partial charge in [-0.25, -0.2) is 4.79 Å². The first-order valence-corrected chi connectivity index (χ1v) is 11.6. The Morgan fingerprint density at radius 3 is 2.27 bits per heavy atom. The number of hydrogen-bond donors (Lipinski definition) is 0. The van der Waals surface area contributed by atoms with Crippen molar-refractivity contribution in [2.75, 3.05) is 6.61 Å². The Bertz CT molecular complexity index is 1590. The van der Waals surface area contributed by atoms with Crippen LogP contribution >= 0.6 is 0 Å². The molecule has 4 rings (SSSR count). The minimum absolute atomic E-state index is 0.0877. The highest BCUT2D eigenvalue weighted by Gasteiger charge is 2.17. The Balaban J connectivity index is 1.81. The van der Waals surface area contributed by atoms with E-state index in [0.29, 0.717) is 23.4 Å². The molecule has 1 aromatic heterocycles. The van der Waals surface area contributed by atoms with E-state index in [1.54, 1.807) is 25.0 Å². The van der Waals surface area contributed by atoms with Gasteiger partial charge in [0, 0.05) is 45.8 Å². The van der Waals surface area contributed by atoms with Crippen molar-refractivity contribution in [1.29, 1.82) is 0 Å². The molecule has 0 aliphatic heterocycles. The predicted octanol–water partition coefficient (Wildman–Crippen LogP) is 5.86. The smallest absolute Gasteiger partial charge is 0.331 e. The normalized spacial score (nSPS) is 11.5. The van der Waals surface area contributed by atoms with Gasteiger partial charge in [0.05, 0.1) is 12.3 Å². The molecule has 0 saturated carbocycles. The molecular weight excluding hydrogens is 478 g/mol. The van der Waals surface area contributed by atoms with Crippen LogP contribution in [0.1, 0.15) is 40.9 Å². The van der Waals surface area contributed by atoms with E-state index in [1.165, 1.54) is 6.92 Å². The zero-order valence-corrected chi connectivity index (χ0v) is 20.5. The molecule has 188 valence electrons. The average molecular weight is 503 g/mol. The van der Waals surface area contributed by atoms with Gasteiger partial charge in [-0.05, 0) is 55.3 Å². The van der Waals surface area contributed by atoms with Crippen LogP contribution in [-0.4, -0.2) is 35.1 Å². The minimum atomic E-state index is -2.76. The van der Waals surface area contributed by atoms with Crippen LogP contribution in [0.5, 0.6) is 0 Å². The maximum atomic E-state index is 13.3. The zero-order chi connectivity index (χ0) is 26.5. The summed E-state index contributed by atoms with van der Waals surface area (Å²) in [6.45, 7) is 5.34. The number of halogens is 2. The van der Waals surface area contributed by atoms with Crippen molar-refractivity contribution in [3.63, 3.8) is 0 Å². The Hall–Kier alpha value is -4.51. The van der Waals surface area contributed by atoms with Gasteiger partial charge in [-0.2, -0.15) is 8.78 Å². The summed E-state index contributed by atoms with van der Waals surface area (Å²) in [6, 6.07) is 18.6. The SMILES string of the molecule is CC(=O)O/N=C(\C)c1ccc2c(c1)c1cc(C(=O)c3ccccc3C)ccc1n2CCOC#CC(F)F. The Morgan fingerprint density at radius 2 is 1.62 bits per heavy atom. The van der Waals surface area contributed by atoms with E-state index < -0.39 is 12.4 Å². The largest absolute Gasteiger partial charge is 0.445 e. The number of fused-ring (bicyclic) bond motifs is 3. The van der Waals surface area contributed by atoms with Gasteiger partial charge in [0.2, 0.25) is 0 Å². The molecule has 0 bridgehead atoms. The van der Waals surface area contributed by atoms with E-state index in [1.807, 2.05) is 66.1 Å². The van der Waals surface area contributed by atoms with Crippen LogP contribution in [0.2, 0.25) is 0 Å². The molecule has 0 unspecified atom stereocenters. The minimum Gasteiger partial charge on any atom is -0.445 e. The van der Waals surface area contributed by atoms with Gasteiger partial charge in [0.25, 0.3) is 0 Å². The summed E-state index contributed by atoms with van der Waals surface area (Å²) >= 11 is 0. The summed E-state index contributed by atoms with van der Waals surface area (Å²) < 4.78 is 31.6. The zero-order valence-electron chi connectivity index (χ0n) is 20.5. The third-order valence-electron chi connectivity index (χ3n) is 5.90. The Morgan fingerprint density at radius 1 is 0.973 bits per heavy atom. The first-order chi connectivity index (χ1) is 17.8. The molecule has 0 aliphatic rings. The highest BCUT2D eigenvalue weighted by atomic mass is 19.3. The molecule has 0 aliphatic carbocycles. The lowest BCUT2D eigenvalue weighted by molar-refractivity contribution is -0.140. The van der Waals surface area contributed by atoms with E-state index in [-0.39, 0.29) is 12.4 Å². The van der Waals surface area contributed by atoms with Gasteiger partial charge < -0.3 is 14.1 Å². The van der Waals surface area contributed by atoms with Gasteiger partial charge >= 0.3 is 12.4 Å². The van der Waals surface area contributed by atoms with Crippen LogP contribution in [0.15, 0.2) is 65.8 Å². The number of nitrogens with zero attached hydrogens (tertiary/aromatic N) is 2. The number of oxime groups is 1. The van der Waals surface area contributed by atoms with Crippen molar-refractivity contribution < 1.29 is 27.9 Å². The quantitative estimate of drug-likeness (QED) is 0.0792. The number of rotatable bonds is 7. The van der Waals surface area contributed by atoms with Crippen LogP contribution in [0.3, 0.4) is 0 Å². The highest BCUT2D eigenvalue weighted by molar-refractivity contribution is 6.16. The molecular formula is C29H24F2N2O4. The molecule has 1 heterocycles. The highest BCUT2D eigenvalue weighted by Crippen LogP contribution is 2.32. The van der Waals surface area contributed by atoms with Gasteiger partial charge in [-0.1, -0.05) is 35.5 Å². The number of carbonyl (C=O) groups is 2. The standard InChI is InChI=1S/C29H24F2N2O4/c1-18-6-4-5-7-23(18)29(35)22-9-11-27-25(17-22)24-16-21(19(2)32-37-20(3)34)8-10-26(24)33(27)13-15-36-14-12-28(30)31/h4-11,16-17,28H,13,15H2,1-3H3/b32-19+. The van der Waals surface area contributed by atoms with Crippen LogP contribution in [-0.2, 0) is 20.9 Å². The van der Waals surface area contributed by atoms with Crippen LogP contribution in [0.4, 0.5) is 8.78 Å². The summed E-state index contributed by atoms with van der Waals surface area (Å²) in [6.07, 6.45) is -0.734. The van der Waals surface area contributed by atoms with Gasteiger partial charge in [-0.3, -0.25) is 4.79 Å². The number of aromatic nitrogens is 1. The molecule has 0 radical (unpaired) electrons. The van der Waals surface area contributed by atoms with Crippen molar-refractivity contribution in [1.82, 2.24) is 4.57 Å². The molecule has 6 nitrogen and oxygen atoms in total. The van der Waals surface area contributed by atoms with Gasteiger partial charge in [0.15, 0.2) is 5.78 Å². The van der Waals surface area contributed by atoms with E-state index in [2.05, 4.69) is 5.16 Å². The molecule has 0 atom stereocenters. The molecule has 0 spiro atoms. The number of carbonyl (C=O) groups excluding carboxylic acids is 2. The number of ketones is 1.